The molecule has 1 aromatic carbocycles. The maximum absolute atomic E-state index is 5.82. The molecule has 1 aliphatic carbocycles. The van der Waals surface area contributed by atoms with Crippen LogP contribution >= 0.6 is 0 Å². The van der Waals surface area contributed by atoms with Crippen molar-refractivity contribution in [1.29, 1.82) is 0 Å². The van der Waals surface area contributed by atoms with E-state index in [0.717, 1.165) is 37.6 Å². The largest absolute Gasteiger partial charge is 0.465 e. The van der Waals surface area contributed by atoms with Crippen LogP contribution in [0.3, 0.4) is 0 Å². The summed E-state index contributed by atoms with van der Waals surface area (Å²) in [6.45, 7) is 7.37. The minimum Gasteiger partial charge on any atom is -0.465 e. The molecule has 2 heterocycles. The molecule has 1 atom stereocenters. The van der Waals surface area contributed by atoms with E-state index in [4.69, 9.17) is 9.15 Å². The highest BCUT2D eigenvalue weighted by molar-refractivity contribution is 5.44. The van der Waals surface area contributed by atoms with Crippen LogP contribution < -0.4 is 0 Å². The molecule has 0 bridgehead atoms. The van der Waals surface area contributed by atoms with Crippen molar-refractivity contribution in [2.75, 3.05) is 20.2 Å². The molecule has 0 saturated carbocycles. The Labute approximate surface area is 144 Å². The molecule has 1 fully saturated rings. The summed E-state index contributed by atoms with van der Waals surface area (Å²) in [7, 11) is 1.85. The Balaban J connectivity index is 1.51. The molecule has 24 heavy (non-hydrogen) atoms. The second-order valence-corrected chi connectivity index (χ2v) is 7.59. The number of hydrogen-bond acceptors (Lipinski definition) is 3. The van der Waals surface area contributed by atoms with E-state index >= 15 is 0 Å². The number of aryl methyl sites for hydroxylation is 2. The summed E-state index contributed by atoms with van der Waals surface area (Å²) in [5.74, 6) is 2.09. The summed E-state index contributed by atoms with van der Waals surface area (Å²) in [6.07, 6.45) is 3.82. The van der Waals surface area contributed by atoms with E-state index in [2.05, 4.69) is 42.2 Å². The van der Waals surface area contributed by atoms with Crippen LogP contribution in [-0.4, -0.2) is 25.1 Å². The highest BCUT2D eigenvalue weighted by atomic mass is 16.5. The standard InChI is InChI=1S/C21H27NO2/c1-15-4-7-19-18(12-15)20(23-3)13-21(19)8-10-22(11-9-21)14-17-6-5-16(2)24-17/h4-7,12,20H,8-11,13-14H2,1-3H3/t20-/m1/s1. The van der Waals surface area contributed by atoms with Crippen molar-refractivity contribution >= 4 is 0 Å². The Bertz CT molecular complexity index is 725. The van der Waals surface area contributed by atoms with Gasteiger partial charge < -0.3 is 9.15 Å². The lowest BCUT2D eigenvalue weighted by Crippen LogP contribution is -2.41. The van der Waals surface area contributed by atoms with Crippen molar-refractivity contribution in [1.82, 2.24) is 4.90 Å². The van der Waals surface area contributed by atoms with E-state index in [1.165, 1.54) is 29.5 Å². The fourth-order valence-corrected chi connectivity index (χ4v) is 4.62. The van der Waals surface area contributed by atoms with Gasteiger partial charge in [-0.2, -0.15) is 0 Å². The van der Waals surface area contributed by atoms with Gasteiger partial charge in [-0.05, 0) is 69.5 Å². The lowest BCUT2D eigenvalue weighted by Gasteiger charge is -2.40. The van der Waals surface area contributed by atoms with E-state index in [1.807, 2.05) is 14.0 Å². The summed E-state index contributed by atoms with van der Waals surface area (Å²) >= 11 is 0. The number of methoxy groups -OCH3 is 1. The van der Waals surface area contributed by atoms with Crippen molar-refractivity contribution in [3.63, 3.8) is 0 Å². The molecule has 128 valence electrons. The summed E-state index contributed by atoms with van der Waals surface area (Å²) < 4.78 is 11.6. The third-order valence-electron chi connectivity index (χ3n) is 5.97. The monoisotopic (exact) mass is 325 g/mol. The number of ether oxygens (including phenoxy) is 1. The number of benzene rings is 1. The average Bonchev–Trinajstić information content (AvgIpc) is 3.11. The zero-order valence-electron chi connectivity index (χ0n) is 15.0. The van der Waals surface area contributed by atoms with E-state index < -0.39 is 0 Å². The van der Waals surface area contributed by atoms with Crippen LogP contribution in [0, 0.1) is 13.8 Å². The van der Waals surface area contributed by atoms with Crippen LogP contribution in [0.2, 0.25) is 0 Å². The lowest BCUT2D eigenvalue weighted by molar-refractivity contribution is 0.0674. The second kappa shape index (κ2) is 6.05. The molecule has 1 aliphatic heterocycles. The highest BCUT2D eigenvalue weighted by Crippen LogP contribution is 2.52. The first-order valence-electron chi connectivity index (χ1n) is 9.01. The predicted molar refractivity (Wildman–Crippen MR) is 95.2 cm³/mol. The first-order chi connectivity index (χ1) is 11.6. The van der Waals surface area contributed by atoms with Crippen LogP contribution in [-0.2, 0) is 16.7 Å². The van der Waals surface area contributed by atoms with Gasteiger partial charge in [0.25, 0.3) is 0 Å². The molecule has 1 spiro atoms. The van der Waals surface area contributed by atoms with E-state index in [9.17, 15) is 0 Å². The third kappa shape index (κ3) is 2.70. The van der Waals surface area contributed by atoms with Gasteiger partial charge in [-0.1, -0.05) is 23.8 Å². The van der Waals surface area contributed by atoms with Crippen molar-refractivity contribution in [2.45, 2.75) is 51.2 Å². The SMILES string of the molecule is CO[C@@H]1CC2(CCN(Cc3ccc(C)o3)CC2)c2ccc(C)cc21. The number of rotatable bonds is 3. The molecule has 0 N–H and O–H groups in total. The van der Waals surface area contributed by atoms with Gasteiger partial charge >= 0.3 is 0 Å². The van der Waals surface area contributed by atoms with Crippen LogP contribution in [0.25, 0.3) is 0 Å². The normalized spacial score (nSPS) is 22.9. The topological polar surface area (TPSA) is 25.6 Å². The van der Waals surface area contributed by atoms with Crippen LogP contribution in [0.15, 0.2) is 34.7 Å². The van der Waals surface area contributed by atoms with Gasteiger partial charge in [-0.3, -0.25) is 4.90 Å². The Hall–Kier alpha value is -1.58. The first-order valence-corrected chi connectivity index (χ1v) is 9.01. The minimum atomic E-state index is 0.263. The Kier molecular flexibility index (Phi) is 4.01. The Morgan fingerprint density at radius 3 is 2.62 bits per heavy atom. The van der Waals surface area contributed by atoms with Crippen molar-refractivity contribution < 1.29 is 9.15 Å². The smallest absolute Gasteiger partial charge is 0.118 e. The number of piperidine rings is 1. The molecule has 0 amide bonds. The lowest BCUT2D eigenvalue weighted by atomic mass is 9.73. The van der Waals surface area contributed by atoms with Crippen molar-refractivity contribution in [3.8, 4) is 0 Å². The van der Waals surface area contributed by atoms with E-state index in [1.54, 1.807) is 0 Å². The fourth-order valence-electron chi connectivity index (χ4n) is 4.62. The summed E-state index contributed by atoms with van der Waals surface area (Å²) in [4.78, 5) is 2.53. The van der Waals surface area contributed by atoms with Gasteiger partial charge in [-0.25, -0.2) is 0 Å². The number of likely N-dealkylation sites (tertiary alicyclic amines) is 1. The quantitative estimate of drug-likeness (QED) is 0.829. The average molecular weight is 325 g/mol. The number of fused-ring (bicyclic) bond motifs is 2. The molecule has 0 unspecified atom stereocenters. The van der Waals surface area contributed by atoms with E-state index in [0.29, 0.717) is 5.41 Å². The molecular formula is C21H27NO2. The zero-order chi connectivity index (χ0) is 16.7. The van der Waals surface area contributed by atoms with Gasteiger partial charge in [0.05, 0.1) is 12.6 Å². The summed E-state index contributed by atoms with van der Waals surface area (Å²) in [5.41, 5.74) is 4.60. The molecule has 3 heteroatoms. The summed E-state index contributed by atoms with van der Waals surface area (Å²) in [5, 5.41) is 0. The number of nitrogens with zero attached hydrogens (tertiary/aromatic N) is 1. The Morgan fingerprint density at radius 1 is 1.17 bits per heavy atom. The fraction of sp³-hybridized carbons (Fsp3) is 0.524. The van der Waals surface area contributed by atoms with Crippen LogP contribution in [0.4, 0.5) is 0 Å². The predicted octanol–water partition coefficient (Wildman–Crippen LogP) is 4.52. The number of hydrogen-bond donors (Lipinski definition) is 0. The third-order valence-corrected chi connectivity index (χ3v) is 5.97. The molecular weight excluding hydrogens is 298 g/mol. The molecule has 4 rings (SSSR count). The van der Waals surface area contributed by atoms with Gasteiger partial charge in [0, 0.05) is 12.5 Å². The molecule has 2 aromatic rings. The van der Waals surface area contributed by atoms with Gasteiger partial charge in [0.2, 0.25) is 0 Å². The maximum atomic E-state index is 5.82. The molecule has 0 radical (unpaired) electrons. The summed E-state index contributed by atoms with van der Waals surface area (Å²) in [6, 6.07) is 11.1. The van der Waals surface area contributed by atoms with Crippen LogP contribution in [0.1, 0.15) is 53.6 Å². The molecule has 3 nitrogen and oxygen atoms in total. The van der Waals surface area contributed by atoms with Gasteiger partial charge in [0.15, 0.2) is 0 Å². The molecule has 2 aliphatic rings. The molecule has 1 saturated heterocycles. The number of furan rings is 1. The first kappa shape index (κ1) is 15.9. The van der Waals surface area contributed by atoms with Crippen molar-refractivity contribution in [2.24, 2.45) is 0 Å². The highest BCUT2D eigenvalue weighted by Gasteiger charge is 2.45. The van der Waals surface area contributed by atoms with Crippen molar-refractivity contribution in [3.05, 3.63) is 58.5 Å². The van der Waals surface area contributed by atoms with Gasteiger partial charge in [0.1, 0.15) is 11.5 Å². The maximum Gasteiger partial charge on any atom is 0.118 e. The minimum absolute atomic E-state index is 0.263. The second-order valence-electron chi connectivity index (χ2n) is 7.59. The molecule has 1 aromatic heterocycles. The zero-order valence-corrected chi connectivity index (χ0v) is 15.0. The van der Waals surface area contributed by atoms with Gasteiger partial charge in [-0.15, -0.1) is 0 Å². The Morgan fingerprint density at radius 2 is 1.96 bits per heavy atom. The van der Waals surface area contributed by atoms with E-state index in [-0.39, 0.29) is 6.10 Å². The van der Waals surface area contributed by atoms with Crippen LogP contribution in [0.5, 0.6) is 0 Å².